The highest BCUT2D eigenvalue weighted by Gasteiger charge is 2.18. The van der Waals surface area contributed by atoms with Crippen LogP contribution in [-0.2, 0) is 0 Å². The third-order valence-electron chi connectivity index (χ3n) is 2.99. The van der Waals surface area contributed by atoms with Gasteiger partial charge in [-0.05, 0) is 26.9 Å². The monoisotopic (exact) mass is 299 g/mol. The van der Waals surface area contributed by atoms with E-state index in [9.17, 15) is 4.79 Å². The van der Waals surface area contributed by atoms with E-state index in [2.05, 4.69) is 34.4 Å². The molecule has 0 bridgehead atoms. The molecule has 0 aromatic carbocycles. The van der Waals surface area contributed by atoms with Crippen molar-refractivity contribution in [2.24, 2.45) is 0 Å². The van der Waals surface area contributed by atoms with Gasteiger partial charge in [0.1, 0.15) is 10.7 Å². The molecule has 0 saturated heterocycles. The van der Waals surface area contributed by atoms with E-state index in [0.29, 0.717) is 15.8 Å². The van der Waals surface area contributed by atoms with E-state index >= 15 is 0 Å². The van der Waals surface area contributed by atoms with E-state index in [0.717, 1.165) is 26.2 Å². The predicted molar refractivity (Wildman–Crippen MR) is 85.4 cm³/mol. The van der Waals surface area contributed by atoms with E-state index < -0.39 is 0 Å². The molecule has 1 aromatic heterocycles. The smallest absolute Gasteiger partial charge is 0.265 e. The van der Waals surface area contributed by atoms with Crippen LogP contribution in [0.3, 0.4) is 0 Å². The van der Waals surface area contributed by atoms with Crippen LogP contribution in [0.4, 0.5) is 10.9 Å². The van der Waals surface area contributed by atoms with Gasteiger partial charge in [-0.15, -0.1) is 0 Å². The van der Waals surface area contributed by atoms with Gasteiger partial charge in [0.25, 0.3) is 5.91 Å². The Morgan fingerprint density at radius 3 is 2.60 bits per heavy atom. The second-order valence-electron chi connectivity index (χ2n) is 4.62. The number of thiazole rings is 1. The van der Waals surface area contributed by atoms with Crippen molar-refractivity contribution in [1.29, 1.82) is 0 Å². The molecule has 7 heteroatoms. The third kappa shape index (κ3) is 4.64. The molecule has 1 heterocycles. The standard InChI is InChI=1S/C13H25N5OS/c1-5-15-13-17-11(14)10(20-13)12(19)16-9(4)8-18(6-2)7-3/h9H,5-8,14H2,1-4H3,(H,15,17)(H,16,19). The van der Waals surface area contributed by atoms with Gasteiger partial charge in [-0.3, -0.25) is 4.79 Å². The summed E-state index contributed by atoms with van der Waals surface area (Å²) in [5.74, 6) is 0.141. The molecule has 114 valence electrons. The Hall–Kier alpha value is -1.34. The molecule has 0 aliphatic carbocycles. The molecule has 1 amide bonds. The lowest BCUT2D eigenvalue weighted by Gasteiger charge is -2.23. The SMILES string of the molecule is CCNc1nc(N)c(C(=O)NC(C)CN(CC)CC)s1. The van der Waals surface area contributed by atoms with Crippen molar-refractivity contribution in [1.82, 2.24) is 15.2 Å². The number of carbonyl (C=O) groups is 1. The Bertz CT molecular complexity index is 430. The summed E-state index contributed by atoms with van der Waals surface area (Å²) in [5.41, 5.74) is 5.79. The van der Waals surface area contributed by atoms with Crippen molar-refractivity contribution < 1.29 is 4.79 Å². The lowest BCUT2D eigenvalue weighted by atomic mass is 10.3. The van der Waals surface area contributed by atoms with Gasteiger partial charge in [0, 0.05) is 19.1 Å². The fourth-order valence-corrected chi connectivity index (χ4v) is 2.78. The first-order chi connectivity index (χ1) is 9.51. The maximum Gasteiger partial charge on any atom is 0.265 e. The summed E-state index contributed by atoms with van der Waals surface area (Å²) >= 11 is 1.29. The van der Waals surface area contributed by atoms with Crippen LogP contribution in [-0.4, -0.2) is 48.0 Å². The summed E-state index contributed by atoms with van der Waals surface area (Å²) in [6, 6.07) is 0.0754. The summed E-state index contributed by atoms with van der Waals surface area (Å²) in [4.78, 5) is 19.1. The van der Waals surface area contributed by atoms with Gasteiger partial charge in [0.05, 0.1) is 0 Å². The summed E-state index contributed by atoms with van der Waals surface area (Å²) in [5, 5.41) is 6.73. The Morgan fingerprint density at radius 2 is 2.05 bits per heavy atom. The maximum atomic E-state index is 12.2. The Balaban J connectivity index is 2.61. The molecular weight excluding hydrogens is 274 g/mol. The first-order valence-electron chi connectivity index (χ1n) is 7.05. The van der Waals surface area contributed by atoms with Crippen LogP contribution >= 0.6 is 11.3 Å². The molecule has 0 aliphatic rings. The molecule has 0 spiro atoms. The summed E-state index contributed by atoms with van der Waals surface area (Å²) in [7, 11) is 0. The number of hydrogen-bond acceptors (Lipinski definition) is 6. The third-order valence-corrected chi connectivity index (χ3v) is 4.02. The average Bonchev–Trinajstić information content (AvgIpc) is 2.77. The van der Waals surface area contributed by atoms with Gasteiger partial charge in [0.2, 0.25) is 0 Å². The average molecular weight is 299 g/mol. The van der Waals surface area contributed by atoms with Crippen molar-refractivity contribution in [2.45, 2.75) is 33.7 Å². The lowest BCUT2D eigenvalue weighted by Crippen LogP contribution is -2.41. The number of nitrogen functional groups attached to an aromatic ring is 1. The molecule has 1 rings (SSSR count). The molecule has 0 saturated carbocycles. The second-order valence-corrected chi connectivity index (χ2v) is 5.62. The van der Waals surface area contributed by atoms with Gasteiger partial charge in [-0.2, -0.15) is 0 Å². The number of likely N-dealkylation sites (N-methyl/N-ethyl adjacent to an activating group) is 1. The van der Waals surface area contributed by atoms with E-state index in [1.807, 2.05) is 13.8 Å². The number of aromatic nitrogens is 1. The number of nitrogens with zero attached hydrogens (tertiary/aromatic N) is 2. The topological polar surface area (TPSA) is 83.3 Å². The van der Waals surface area contributed by atoms with Gasteiger partial charge in [-0.1, -0.05) is 25.2 Å². The Morgan fingerprint density at radius 1 is 1.40 bits per heavy atom. The second kappa shape index (κ2) is 8.06. The number of nitrogens with one attached hydrogen (secondary N) is 2. The minimum absolute atomic E-state index is 0.0754. The Kier molecular flexibility index (Phi) is 6.74. The number of amides is 1. The molecule has 6 nitrogen and oxygen atoms in total. The first kappa shape index (κ1) is 16.7. The van der Waals surface area contributed by atoms with E-state index in [1.54, 1.807) is 0 Å². The zero-order chi connectivity index (χ0) is 15.1. The quantitative estimate of drug-likeness (QED) is 0.679. The zero-order valence-electron chi connectivity index (χ0n) is 12.7. The van der Waals surface area contributed by atoms with Crippen LogP contribution in [0, 0.1) is 0 Å². The van der Waals surface area contributed by atoms with Crippen LogP contribution in [0.1, 0.15) is 37.4 Å². The number of carbonyl (C=O) groups excluding carboxylic acids is 1. The minimum atomic E-state index is -0.149. The molecule has 0 aliphatic heterocycles. The number of anilines is 2. The van der Waals surface area contributed by atoms with Crippen LogP contribution in [0.25, 0.3) is 0 Å². The van der Waals surface area contributed by atoms with Crippen molar-refractivity contribution >= 4 is 28.2 Å². The molecule has 1 atom stereocenters. The molecule has 20 heavy (non-hydrogen) atoms. The van der Waals surface area contributed by atoms with Gasteiger partial charge >= 0.3 is 0 Å². The lowest BCUT2D eigenvalue weighted by molar-refractivity contribution is 0.0935. The van der Waals surface area contributed by atoms with Gasteiger partial charge in [-0.25, -0.2) is 4.98 Å². The summed E-state index contributed by atoms with van der Waals surface area (Å²) in [6.45, 7) is 11.7. The van der Waals surface area contributed by atoms with Crippen molar-refractivity contribution in [3.05, 3.63) is 4.88 Å². The minimum Gasteiger partial charge on any atom is -0.382 e. The van der Waals surface area contributed by atoms with Gasteiger partial charge in [0.15, 0.2) is 5.13 Å². The predicted octanol–water partition coefficient (Wildman–Crippen LogP) is 1.62. The van der Waals surface area contributed by atoms with Crippen LogP contribution in [0.5, 0.6) is 0 Å². The normalized spacial score (nSPS) is 12.4. The van der Waals surface area contributed by atoms with Crippen LogP contribution in [0.2, 0.25) is 0 Å². The summed E-state index contributed by atoms with van der Waals surface area (Å²) in [6.07, 6.45) is 0. The highest BCUT2D eigenvalue weighted by molar-refractivity contribution is 7.18. The fourth-order valence-electron chi connectivity index (χ4n) is 1.93. The zero-order valence-corrected chi connectivity index (χ0v) is 13.5. The van der Waals surface area contributed by atoms with Crippen molar-refractivity contribution in [3.63, 3.8) is 0 Å². The molecule has 1 unspecified atom stereocenters. The molecule has 4 N–H and O–H groups in total. The Labute approximate surface area is 124 Å². The molecule has 1 aromatic rings. The highest BCUT2D eigenvalue weighted by atomic mass is 32.1. The number of rotatable bonds is 8. The first-order valence-corrected chi connectivity index (χ1v) is 7.86. The van der Waals surface area contributed by atoms with Crippen LogP contribution < -0.4 is 16.4 Å². The van der Waals surface area contributed by atoms with Crippen molar-refractivity contribution in [2.75, 3.05) is 37.2 Å². The molecule has 0 radical (unpaired) electrons. The fraction of sp³-hybridized carbons (Fsp3) is 0.692. The van der Waals surface area contributed by atoms with E-state index in [1.165, 1.54) is 11.3 Å². The van der Waals surface area contributed by atoms with E-state index in [-0.39, 0.29) is 11.9 Å². The maximum absolute atomic E-state index is 12.2. The van der Waals surface area contributed by atoms with Crippen LogP contribution in [0.15, 0.2) is 0 Å². The number of hydrogen-bond donors (Lipinski definition) is 3. The van der Waals surface area contributed by atoms with Gasteiger partial charge < -0.3 is 21.3 Å². The van der Waals surface area contributed by atoms with Crippen molar-refractivity contribution in [3.8, 4) is 0 Å². The van der Waals surface area contributed by atoms with E-state index in [4.69, 9.17) is 5.73 Å². The highest BCUT2D eigenvalue weighted by Crippen LogP contribution is 2.24. The largest absolute Gasteiger partial charge is 0.382 e. The molecule has 0 fully saturated rings. The summed E-state index contributed by atoms with van der Waals surface area (Å²) < 4.78 is 0. The molecular formula is C13H25N5OS. The number of nitrogens with two attached hydrogens (primary N) is 1.